The van der Waals surface area contributed by atoms with Crippen molar-refractivity contribution in [3.05, 3.63) is 35.1 Å². The minimum Gasteiger partial charge on any atom is -0.366 e. The fraction of sp³-hybridized carbons (Fsp3) is 0. The first-order chi connectivity index (χ1) is 5.65. The third-order valence-electron chi connectivity index (χ3n) is 1.36. The molecule has 3 nitrogen and oxygen atoms in total. The van der Waals surface area contributed by atoms with Crippen LogP contribution in [0.3, 0.4) is 0 Å². The van der Waals surface area contributed by atoms with E-state index in [0.717, 1.165) is 6.07 Å². The predicted molar refractivity (Wildman–Crippen MR) is 41.7 cm³/mol. The molecule has 5 heteroatoms. The van der Waals surface area contributed by atoms with Crippen LogP contribution in [0.1, 0.15) is 17.3 Å². The Kier molecular flexibility index (Phi) is 4.75. The Morgan fingerprint density at radius 1 is 1.62 bits per heavy atom. The summed E-state index contributed by atoms with van der Waals surface area (Å²) in [6, 6.07) is 5.24. The zero-order chi connectivity index (χ0) is 9.14. The molecule has 0 bridgehead atoms. The van der Waals surface area contributed by atoms with Crippen molar-refractivity contribution in [1.82, 2.24) is 0 Å². The van der Waals surface area contributed by atoms with Gasteiger partial charge in [0.2, 0.25) is 0 Å². The van der Waals surface area contributed by atoms with Gasteiger partial charge < -0.3 is 5.73 Å². The molecule has 0 fully saturated rings. The van der Waals surface area contributed by atoms with Crippen molar-refractivity contribution >= 4 is 5.91 Å². The molecule has 1 radical (unpaired) electrons. The Morgan fingerprint density at radius 2 is 2.23 bits per heavy atom. The average Bonchev–Trinajstić information content (AvgIpc) is 2.03. The molecule has 0 spiro atoms. The van der Waals surface area contributed by atoms with Gasteiger partial charge in [-0.2, -0.15) is 5.26 Å². The minimum atomic E-state index is -0.836. The van der Waals surface area contributed by atoms with Crippen LogP contribution < -0.4 is 5.73 Å². The predicted octanol–water partition coefficient (Wildman–Crippen LogP) is 1.04. The molecule has 1 aromatic rings. The number of nitrogens with zero attached hydrogens (tertiary/aromatic N) is 1. The zero-order valence-corrected chi connectivity index (χ0v) is 9.46. The number of benzene rings is 1. The van der Waals surface area contributed by atoms with E-state index >= 15 is 0 Å². The molecule has 0 saturated carbocycles. The van der Waals surface area contributed by atoms with Crippen LogP contribution in [0.2, 0.25) is 0 Å². The van der Waals surface area contributed by atoms with Crippen molar-refractivity contribution in [2.24, 2.45) is 5.73 Å². The number of carbonyl (C=O) groups is 1. The van der Waals surface area contributed by atoms with Crippen LogP contribution in [0, 0.1) is 17.1 Å². The molecule has 0 aliphatic rings. The molecule has 0 saturated heterocycles. The second-order valence-corrected chi connectivity index (χ2v) is 2.17. The van der Waals surface area contributed by atoms with Gasteiger partial charge in [0.05, 0.1) is 17.2 Å². The van der Waals surface area contributed by atoms with Gasteiger partial charge in [-0.15, -0.1) is 0 Å². The summed E-state index contributed by atoms with van der Waals surface area (Å²) in [5.41, 5.74) is 4.81. The Labute approximate surface area is 101 Å². The second kappa shape index (κ2) is 5.05. The number of nitriles is 1. The fourth-order valence-corrected chi connectivity index (χ4v) is 0.784. The topological polar surface area (TPSA) is 66.9 Å². The number of amides is 1. The fourth-order valence-electron chi connectivity index (χ4n) is 0.784. The maximum atomic E-state index is 12.8. The summed E-state index contributed by atoms with van der Waals surface area (Å²) in [6.45, 7) is 0. The summed E-state index contributed by atoms with van der Waals surface area (Å²) < 4.78 is 12.8. The van der Waals surface area contributed by atoms with Gasteiger partial charge in [-0.05, 0) is 18.2 Å². The SMILES string of the molecule is N#Cc1ccc(C(N)=O)c(F)c1.[HH].[Y]. The van der Waals surface area contributed by atoms with Gasteiger partial charge in [0.25, 0.3) is 5.91 Å². The number of nitrogens with two attached hydrogens (primary N) is 1. The van der Waals surface area contributed by atoms with Crippen LogP contribution in [-0.4, -0.2) is 5.91 Å². The number of hydrogen-bond donors (Lipinski definition) is 1. The van der Waals surface area contributed by atoms with Crippen molar-refractivity contribution in [3.63, 3.8) is 0 Å². The first-order valence-electron chi connectivity index (χ1n) is 3.14. The van der Waals surface area contributed by atoms with E-state index in [1.165, 1.54) is 12.1 Å². The number of hydrogen-bond acceptors (Lipinski definition) is 2. The summed E-state index contributed by atoms with van der Waals surface area (Å²) in [5.74, 6) is -1.60. The Bertz CT molecular complexity index is 378. The Morgan fingerprint density at radius 3 is 2.62 bits per heavy atom. The van der Waals surface area contributed by atoms with Gasteiger partial charge in [0.15, 0.2) is 0 Å². The van der Waals surface area contributed by atoms with E-state index in [0.29, 0.717) is 0 Å². The van der Waals surface area contributed by atoms with Gasteiger partial charge in [-0.1, -0.05) is 0 Å². The smallest absolute Gasteiger partial charge is 0.251 e. The molecule has 1 rings (SSSR count). The van der Waals surface area contributed by atoms with Gasteiger partial charge >= 0.3 is 0 Å². The van der Waals surface area contributed by atoms with E-state index in [1.807, 2.05) is 0 Å². The molecule has 65 valence electrons. The van der Waals surface area contributed by atoms with Crippen molar-refractivity contribution in [2.75, 3.05) is 0 Å². The van der Waals surface area contributed by atoms with Crippen LogP contribution in [0.25, 0.3) is 0 Å². The molecule has 0 heterocycles. The first-order valence-corrected chi connectivity index (χ1v) is 3.14. The summed E-state index contributed by atoms with van der Waals surface area (Å²) in [5, 5.41) is 8.36. The molecular weight excluding hydrogens is 248 g/mol. The molecule has 0 aliphatic carbocycles. The van der Waals surface area contributed by atoms with E-state index < -0.39 is 11.7 Å². The van der Waals surface area contributed by atoms with E-state index in [-0.39, 0.29) is 45.3 Å². The molecule has 1 aromatic carbocycles. The quantitative estimate of drug-likeness (QED) is 0.814. The van der Waals surface area contributed by atoms with Gasteiger partial charge in [0, 0.05) is 34.1 Å². The number of primary amides is 1. The number of rotatable bonds is 1. The molecule has 0 unspecified atom stereocenters. The monoisotopic (exact) mass is 255 g/mol. The zero-order valence-electron chi connectivity index (χ0n) is 6.62. The standard InChI is InChI=1S/C8H5FN2O.Y.H2/c9-7-3-5(4-10)1-2-6(7)8(11)12;;/h1-3H,(H2,11,12);;1H. The Hall–Kier alpha value is -0.786. The largest absolute Gasteiger partial charge is 0.366 e. The van der Waals surface area contributed by atoms with Crippen molar-refractivity contribution in [1.29, 1.82) is 5.26 Å². The van der Waals surface area contributed by atoms with E-state index in [1.54, 1.807) is 6.07 Å². The van der Waals surface area contributed by atoms with Gasteiger partial charge in [0.1, 0.15) is 5.82 Å². The van der Waals surface area contributed by atoms with Gasteiger partial charge in [-0.25, -0.2) is 4.39 Å². The molecule has 1 amide bonds. The first kappa shape index (κ1) is 12.2. The van der Waals surface area contributed by atoms with E-state index in [9.17, 15) is 9.18 Å². The van der Waals surface area contributed by atoms with E-state index in [4.69, 9.17) is 11.0 Å². The number of halogens is 1. The van der Waals surface area contributed by atoms with E-state index in [2.05, 4.69) is 0 Å². The average molecular weight is 255 g/mol. The molecule has 2 N–H and O–H groups in total. The van der Waals surface area contributed by atoms with Crippen molar-refractivity contribution < 1.29 is 43.3 Å². The summed E-state index contributed by atoms with van der Waals surface area (Å²) in [4.78, 5) is 10.5. The van der Waals surface area contributed by atoms with Crippen LogP contribution in [0.4, 0.5) is 4.39 Å². The number of carbonyl (C=O) groups excluding carboxylic acids is 1. The van der Waals surface area contributed by atoms with Crippen LogP contribution in [0.5, 0.6) is 0 Å². The van der Waals surface area contributed by atoms with Crippen LogP contribution >= 0.6 is 0 Å². The van der Waals surface area contributed by atoms with Crippen LogP contribution in [0.15, 0.2) is 18.2 Å². The van der Waals surface area contributed by atoms with Crippen molar-refractivity contribution in [3.8, 4) is 6.07 Å². The molecule has 13 heavy (non-hydrogen) atoms. The summed E-state index contributed by atoms with van der Waals surface area (Å²) >= 11 is 0. The van der Waals surface area contributed by atoms with Gasteiger partial charge in [-0.3, -0.25) is 4.79 Å². The summed E-state index contributed by atoms with van der Waals surface area (Å²) in [6.07, 6.45) is 0. The molecular formula is C8H7FN2OY. The normalized spacial score (nSPS) is 8.31. The molecule has 0 aliphatic heterocycles. The third-order valence-corrected chi connectivity index (χ3v) is 1.36. The molecule has 0 aromatic heterocycles. The van der Waals surface area contributed by atoms with Crippen LogP contribution in [-0.2, 0) is 32.7 Å². The third kappa shape index (κ3) is 2.87. The summed E-state index contributed by atoms with van der Waals surface area (Å²) in [7, 11) is 0. The second-order valence-electron chi connectivity index (χ2n) is 2.17. The molecule has 0 atom stereocenters. The van der Waals surface area contributed by atoms with Crippen molar-refractivity contribution in [2.45, 2.75) is 0 Å². The Balaban J connectivity index is 0. The maximum absolute atomic E-state index is 12.8. The minimum absolute atomic E-state index is 0. The maximum Gasteiger partial charge on any atom is 0.251 e.